The van der Waals surface area contributed by atoms with Crippen molar-refractivity contribution in [2.24, 2.45) is 0 Å². The van der Waals surface area contributed by atoms with Crippen LogP contribution in [0.1, 0.15) is 62.5 Å². The summed E-state index contributed by atoms with van der Waals surface area (Å²) in [6.07, 6.45) is 6.14. The van der Waals surface area contributed by atoms with E-state index in [0.29, 0.717) is 63.7 Å². The molecule has 4 unspecified atom stereocenters. The third-order valence-corrected chi connectivity index (χ3v) is 7.66. The van der Waals surface area contributed by atoms with Crippen molar-refractivity contribution in [1.29, 1.82) is 0 Å². The second kappa shape index (κ2) is 12.4. The zero-order valence-corrected chi connectivity index (χ0v) is 21.6. The van der Waals surface area contributed by atoms with E-state index in [2.05, 4.69) is 62.4 Å². The molecule has 2 aromatic carbocycles. The molecule has 0 bridgehead atoms. The molecule has 1 saturated carbocycles. The molecule has 3 fully saturated rings. The first-order valence-corrected chi connectivity index (χ1v) is 13.6. The summed E-state index contributed by atoms with van der Waals surface area (Å²) < 4.78 is 33.5. The number of hydrogen-bond acceptors (Lipinski definition) is 6. The summed E-state index contributed by atoms with van der Waals surface area (Å²) in [6, 6.07) is 17.3. The van der Waals surface area contributed by atoms with Crippen LogP contribution in [-0.4, -0.2) is 64.1 Å². The molecule has 6 heteroatoms. The first-order valence-electron chi connectivity index (χ1n) is 13.6. The number of hydrogen-bond donors (Lipinski definition) is 0. The fourth-order valence-electron chi connectivity index (χ4n) is 5.08. The number of rotatable bonds is 14. The molecule has 5 rings (SSSR count). The highest BCUT2D eigenvalue weighted by Crippen LogP contribution is 2.41. The first kappa shape index (κ1) is 25.5. The van der Waals surface area contributed by atoms with E-state index in [9.17, 15) is 0 Å². The van der Waals surface area contributed by atoms with Crippen molar-refractivity contribution < 1.29 is 28.4 Å². The third-order valence-electron chi connectivity index (χ3n) is 7.66. The van der Waals surface area contributed by atoms with Crippen LogP contribution >= 0.6 is 0 Å². The Morgan fingerprint density at radius 2 is 0.944 bits per heavy atom. The van der Waals surface area contributed by atoms with Crippen LogP contribution in [0.5, 0.6) is 11.5 Å². The van der Waals surface area contributed by atoms with Gasteiger partial charge in [-0.15, -0.1) is 0 Å². The van der Waals surface area contributed by atoms with Crippen LogP contribution in [-0.2, 0) is 18.9 Å². The highest BCUT2D eigenvalue weighted by atomic mass is 16.6. The van der Waals surface area contributed by atoms with Gasteiger partial charge in [-0.25, -0.2) is 0 Å². The maximum Gasteiger partial charge on any atom is 0.119 e. The first-order chi connectivity index (χ1) is 17.7. The van der Waals surface area contributed by atoms with Crippen LogP contribution < -0.4 is 9.47 Å². The zero-order chi connectivity index (χ0) is 24.7. The van der Waals surface area contributed by atoms with E-state index in [0.717, 1.165) is 11.5 Å². The van der Waals surface area contributed by atoms with Crippen molar-refractivity contribution in [3.63, 3.8) is 0 Å². The van der Waals surface area contributed by atoms with Crippen molar-refractivity contribution in [3.05, 3.63) is 59.7 Å². The van der Waals surface area contributed by atoms with Gasteiger partial charge in [0.25, 0.3) is 0 Å². The van der Waals surface area contributed by atoms with E-state index in [1.807, 2.05) is 0 Å². The minimum Gasteiger partial charge on any atom is -0.491 e. The molecule has 0 N–H and O–H groups in total. The van der Waals surface area contributed by atoms with Gasteiger partial charge in [0.05, 0.1) is 38.6 Å². The van der Waals surface area contributed by atoms with Gasteiger partial charge in [-0.2, -0.15) is 0 Å². The highest BCUT2D eigenvalue weighted by Gasteiger charge is 2.34. The lowest BCUT2D eigenvalue weighted by molar-refractivity contribution is 0.0878. The monoisotopic (exact) mass is 496 g/mol. The van der Waals surface area contributed by atoms with Gasteiger partial charge in [0.15, 0.2) is 0 Å². The second-order valence-corrected chi connectivity index (χ2v) is 10.3. The third kappa shape index (κ3) is 7.45. The molecule has 0 aromatic heterocycles. The molecule has 0 spiro atoms. The largest absolute Gasteiger partial charge is 0.491 e. The topological polar surface area (TPSA) is 62.0 Å². The Labute approximate surface area is 215 Å². The lowest BCUT2D eigenvalue weighted by atomic mass is 9.76. The molecule has 1 aliphatic carbocycles. The van der Waals surface area contributed by atoms with Gasteiger partial charge < -0.3 is 28.4 Å². The molecule has 2 heterocycles. The lowest BCUT2D eigenvalue weighted by Gasteiger charge is -2.29. The summed E-state index contributed by atoms with van der Waals surface area (Å²) in [5.41, 5.74) is 2.84. The summed E-state index contributed by atoms with van der Waals surface area (Å²) in [5, 5.41) is 0. The molecule has 0 amide bonds. The van der Waals surface area contributed by atoms with E-state index < -0.39 is 0 Å². The SMILES string of the molecule is CC1OC1COCCOc1ccc(C2CCC(c3ccc(OCCOCC4OC4C)cc3)CC2)cc1. The van der Waals surface area contributed by atoms with Crippen molar-refractivity contribution in [2.75, 3.05) is 39.6 Å². The van der Waals surface area contributed by atoms with E-state index in [1.54, 1.807) is 0 Å². The molecule has 36 heavy (non-hydrogen) atoms. The molecule has 4 atom stereocenters. The average molecular weight is 497 g/mol. The zero-order valence-electron chi connectivity index (χ0n) is 21.6. The van der Waals surface area contributed by atoms with Gasteiger partial charge in [-0.05, 0) is 86.8 Å². The van der Waals surface area contributed by atoms with Gasteiger partial charge >= 0.3 is 0 Å². The Kier molecular flexibility index (Phi) is 8.80. The quantitative estimate of drug-likeness (QED) is 0.254. The van der Waals surface area contributed by atoms with Gasteiger partial charge in [-0.3, -0.25) is 0 Å². The van der Waals surface area contributed by atoms with Gasteiger partial charge in [0.2, 0.25) is 0 Å². The van der Waals surface area contributed by atoms with Gasteiger partial charge in [0, 0.05) is 0 Å². The number of epoxide rings is 2. The molecule has 2 saturated heterocycles. The molecule has 2 aliphatic heterocycles. The van der Waals surface area contributed by atoms with E-state index >= 15 is 0 Å². The van der Waals surface area contributed by atoms with Crippen molar-refractivity contribution in [1.82, 2.24) is 0 Å². The van der Waals surface area contributed by atoms with Crippen LogP contribution in [0.4, 0.5) is 0 Å². The minimum atomic E-state index is 0.278. The van der Waals surface area contributed by atoms with Gasteiger partial charge in [-0.1, -0.05) is 24.3 Å². The Morgan fingerprint density at radius 1 is 0.583 bits per heavy atom. The average Bonchev–Trinajstić information content (AvgIpc) is 3.82. The van der Waals surface area contributed by atoms with Crippen molar-refractivity contribution >= 4 is 0 Å². The standard InChI is InChI=1S/C30H40O6/c1-21-29(35-21)19-31-15-17-33-27-11-7-25(8-12-27)23-3-5-24(6-4-23)26-9-13-28(14-10-26)34-18-16-32-20-30-22(2)36-30/h7-14,21-24,29-30H,3-6,15-20H2,1-2H3. The van der Waals surface area contributed by atoms with Crippen LogP contribution in [0.2, 0.25) is 0 Å². The summed E-state index contributed by atoms with van der Waals surface area (Å²) >= 11 is 0. The van der Waals surface area contributed by atoms with Crippen LogP contribution in [0.3, 0.4) is 0 Å². The Balaban J connectivity index is 0.974. The fraction of sp³-hybridized carbons (Fsp3) is 0.600. The van der Waals surface area contributed by atoms with Crippen molar-refractivity contribution in [3.8, 4) is 11.5 Å². The molecular formula is C30H40O6. The van der Waals surface area contributed by atoms with Crippen molar-refractivity contribution in [2.45, 2.75) is 75.8 Å². The van der Waals surface area contributed by atoms with E-state index in [-0.39, 0.29) is 12.2 Å². The smallest absolute Gasteiger partial charge is 0.119 e. The maximum atomic E-state index is 5.83. The molecular weight excluding hydrogens is 456 g/mol. The number of ether oxygens (including phenoxy) is 6. The summed E-state index contributed by atoms with van der Waals surface area (Å²) in [6.45, 7) is 7.78. The second-order valence-electron chi connectivity index (χ2n) is 10.3. The Hall–Kier alpha value is -2.12. The summed E-state index contributed by atoms with van der Waals surface area (Å²) in [4.78, 5) is 0. The molecule has 3 aliphatic rings. The Bertz CT molecular complexity index is 844. The molecule has 196 valence electrons. The normalized spacial score (nSPS) is 29.1. The Morgan fingerprint density at radius 3 is 1.28 bits per heavy atom. The number of benzene rings is 2. The van der Waals surface area contributed by atoms with E-state index in [1.165, 1.54) is 36.8 Å². The molecule has 0 radical (unpaired) electrons. The maximum absolute atomic E-state index is 5.83. The predicted octanol–water partition coefficient (Wildman–Crippen LogP) is 5.49. The van der Waals surface area contributed by atoms with Crippen LogP contribution in [0.15, 0.2) is 48.5 Å². The molecule has 6 nitrogen and oxygen atoms in total. The highest BCUT2D eigenvalue weighted by molar-refractivity contribution is 5.32. The van der Waals surface area contributed by atoms with Crippen LogP contribution in [0.25, 0.3) is 0 Å². The summed E-state index contributed by atoms with van der Waals surface area (Å²) in [5.74, 6) is 3.08. The fourth-order valence-corrected chi connectivity index (χ4v) is 5.08. The van der Waals surface area contributed by atoms with E-state index in [4.69, 9.17) is 28.4 Å². The molecule has 2 aromatic rings. The predicted molar refractivity (Wildman–Crippen MR) is 138 cm³/mol. The lowest BCUT2D eigenvalue weighted by Crippen LogP contribution is -2.13. The van der Waals surface area contributed by atoms with Crippen LogP contribution in [0, 0.1) is 0 Å². The van der Waals surface area contributed by atoms with Gasteiger partial charge in [0.1, 0.15) is 36.9 Å². The summed E-state index contributed by atoms with van der Waals surface area (Å²) in [7, 11) is 0. The minimum absolute atomic E-state index is 0.278.